The molecule has 4 N–H and O–H groups in total. The summed E-state index contributed by atoms with van der Waals surface area (Å²) in [4.78, 5) is 35.9. The standard InChI is InChI=1S/C15H8O7/c16-10-5-3-1-2-4-6(5)11(17)8-7(10)12(18)9(15(21)22)14(20)13(8)19/h1-4,18-20H,(H,21,22). The number of hydrogen-bond donors (Lipinski definition) is 4. The van der Waals surface area contributed by atoms with Gasteiger partial charge in [0.25, 0.3) is 0 Å². The van der Waals surface area contributed by atoms with E-state index in [4.69, 9.17) is 5.11 Å². The van der Waals surface area contributed by atoms with E-state index in [1.54, 1.807) is 0 Å². The molecule has 0 heterocycles. The Kier molecular flexibility index (Phi) is 2.68. The molecule has 1 aliphatic carbocycles. The third kappa shape index (κ3) is 1.53. The van der Waals surface area contributed by atoms with E-state index < -0.39 is 51.5 Å². The molecule has 0 atom stereocenters. The zero-order valence-electron chi connectivity index (χ0n) is 10.8. The van der Waals surface area contributed by atoms with E-state index in [1.165, 1.54) is 24.3 Å². The van der Waals surface area contributed by atoms with Crippen LogP contribution in [0.4, 0.5) is 0 Å². The van der Waals surface area contributed by atoms with Gasteiger partial charge in [0.1, 0.15) is 11.3 Å². The normalized spacial score (nSPS) is 12.7. The first-order valence-electron chi connectivity index (χ1n) is 6.08. The van der Waals surface area contributed by atoms with Crippen LogP contribution in [0.5, 0.6) is 17.2 Å². The predicted octanol–water partition coefficient (Wildman–Crippen LogP) is 1.28. The number of carbonyl (C=O) groups is 3. The molecule has 0 radical (unpaired) electrons. The van der Waals surface area contributed by atoms with E-state index in [9.17, 15) is 29.7 Å². The van der Waals surface area contributed by atoms with Gasteiger partial charge in [-0.15, -0.1) is 0 Å². The lowest BCUT2D eigenvalue weighted by Gasteiger charge is -2.21. The molecule has 0 aliphatic heterocycles. The summed E-state index contributed by atoms with van der Waals surface area (Å²) in [5, 5.41) is 38.6. The average Bonchev–Trinajstić information content (AvgIpc) is 2.48. The van der Waals surface area contributed by atoms with Crippen molar-refractivity contribution < 1.29 is 34.8 Å². The second kappa shape index (κ2) is 4.32. The van der Waals surface area contributed by atoms with Crippen molar-refractivity contribution in [3.05, 3.63) is 52.1 Å². The fourth-order valence-electron chi connectivity index (χ4n) is 2.50. The van der Waals surface area contributed by atoms with Crippen molar-refractivity contribution in [1.82, 2.24) is 0 Å². The van der Waals surface area contributed by atoms with Crippen molar-refractivity contribution in [2.24, 2.45) is 0 Å². The highest BCUT2D eigenvalue weighted by Crippen LogP contribution is 2.46. The van der Waals surface area contributed by atoms with Crippen LogP contribution in [0.2, 0.25) is 0 Å². The number of aromatic hydroxyl groups is 3. The summed E-state index contributed by atoms with van der Waals surface area (Å²) in [6.07, 6.45) is 0. The molecule has 22 heavy (non-hydrogen) atoms. The fourth-order valence-corrected chi connectivity index (χ4v) is 2.50. The van der Waals surface area contributed by atoms with Crippen LogP contribution in [0.3, 0.4) is 0 Å². The molecule has 2 aromatic rings. The Morgan fingerprint density at radius 2 is 1.23 bits per heavy atom. The second-order valence-corrected chi connectivity index (χ2v) is 4.68. The first kappa shape index (κ1) is 13.6. The molecule has 2 aromatic carbocycles. The molecule has 0 saturated heterocycles. The van der Waals surface area contributed by atoms with Crippen LogP contribution < -0.4 is 0 Å². The molecular weight excluding hydrogens is 292 g/mol. The number of benzene rings is 2. The lowest BCUT2D eigenvalue weighted by atomic mass is 9.81. The van der Waals surface area contributed by atoms with Crippen molar-refractivity contribution in [2.45, 2.75) is 0 Å². The Balaban J connectivity index is 2.46. The Morgan fingerprint density at radius 1 is 0.773 bits per heavy atom. The molecule has 0 unspecified atom stereocenters. The molecule has 0 fully saturated rings. The minimum atomic E-state index is -1.74. The molecule has 0 spiro atoms. The number of aromatic carboxylic acids is 1. The van der Waals surface area contributed by atoms with E-state index in [2.05, 4.69) is 0 Å². The van der Waals surface area contributed by atoms with Crippen molar-refractivity contribution >= 4 is 17.5 Å². The number of ketones is 2. The predicted molar refractivity (Wildman–Crippen MR) is 71.7 cm³/mol. The number of phenolic OH excluding ortho intramolecular Hbond substituents is 1. The maximum Gasteiger partial charge on any atom is 0.343 e. The monoisotopic (exact) mass is 300 g/mol. The zero-order valence-corrected chi connectivity index (χ0v) is 10.8. The Labute approximate surface area is 122 Å². The van der Waals surface area contributed by atoms with Gasteiger partial charge in [0.2, 0.25) is 0 Å². The van der Waals surface area contributed by atoms with E-state index in [-0.39, 0.29) is 11.1 Å². The summed E-state index contributed by atoms with van der Waals surface area (Å²) in [6, 6.07) is 5.72. The van der Waals surface area contributed by atoms with E-state index in [0.29, 0.717) is 0 Å². The minimum Gasteiger partial charge on any atom is -0.506 e. The van der Waals surface area contributed by atoms with Crippen LogP contribution >= 0.6 is 0 Å². The number of fused-ring (bicyclic) bond motifs is 2. The highest BCUT2D eigenvalue weighted by Gasteiger charge is 2.39. The fraction of sp³-hybridized carbons (Fsp3) is 0. The van der Waals surface area contributed by atoms with Crippen LogP contribution in [0.1, 0.15) is 42.2 Å². The SMILES string of the molecule is O=C(O)c1c(O)c(O)c2c(c1O)C(=O)c1ccccc1C2=O. The number of carbonyl (C=O) groups excluding carboxylic acids is 2. The summed E-state index contributed by atoms with van der Waals surface area (Å²) in [7, 11) is 0. The lowest BCUT2D eigenvalue weighted by molar-refractivity contribution is 0.0688. The number of rotatable bonds is 1. The maximum atomic E-state index is 12.4. The minimum absolute atomic E-state index is 0.00262. The van der Waals surface area contributed by atoms with E-state index in [0.717, 1.165) is 0 Å². The summed E-state index contributed by atoms with van der Waals surface area (Å²) >= 11 is 0. The molecule has 0 amide bonds. The second-order valence-electron chi connectivity index (χ2n) is 4.68. The van der Waals surface area contributed by atoms with Gasteiger partial charge >= 0.3 is 5.97 Å². The van der Waals surface area contributed by atoms with Gasteiger partial charge in [0.05, 0.1) is 11.1 Å². The number of phenols is 3. The van der Waals surface area contributed by atoms with Crippen LogP contribution in [-0.2, 0) is 0 Å². The Bertz CT molecular complexity index is 880. The molecule has 0 saturated carbocycles. The molecule has 110 valence electrons. The van der Waals surface area contributed by atoms with Gasteiger partial charge in [-0.3, -0.25) is 9.59 Å². The summed E-state index contributed by atoms with van der Waals surface area (Å²) in [5.41, 5.74) is -2.29. The Morgan fingerprint density at radius 3 is 1.68 bits per heavy atom. The quantitative estimate of drug-likeness (QED) is 0.393. The molecule has 0 bridgehead atoms. The third-order valence-corrected chi connectivity index (χ3v) is 3.51. The van der Waals surface area contributed by atoms with E-state index in [1.807, 2.05) is 0 Å². The first-order chi connectivity index (χ1) is 10.4. The number of carboxylic acids is 1. The van der Waals surface area contributed by atoms with Crippen LogP contribution in [0, 0.1) is 0 Å². The van der Waals surface area contributed by atoms with Gasteiger partial charge in [-0.05, 0) is 0 Å². The molecule has 1 aliphatic rings. The van der Waals surface area contributed by atoms with Gasteiger partial charge in [-0.1, -0.05) is 24.3 Å². The molecule has 0 aromatic heterocycles. The van der Waals surface area contributed by atoms with Gasteiger partial charge in [0.15, 0.2) is 23.1 Å². The van der Waals surface area contributed by atoms with Crippen molar-refractivity contribution in [1.29, 1.82) is 0 Å². The first-order valence-corrected chi connectivity index (χ1v) is 6.08. The topological polar surface area (TPSA) is 132 Å². The van der Waals surface area contributed by atoms with Crippen LogP contribution in [0.25, 0.3) is 0 Å². The third-order valence-electron chi connectivity index (χ3n) is 3.51. The van der Waals surface area contributed by atoms with Gasteiger partial charge in [0, 0.05) is 11.1 Å². The van der Waals surface area contributed by atoms with Crippen molar-refractivity contribution in [3.63, 3.8) is 0 Å². The largest absolute Gasteiger partial charge is 0.506 e. The maximum absolute atomic E-state index is 12.4. The van der Waals surface area contributed by atoms with Crippen molar-refractivity contribution in [2.75, 3.05) is 0 Å². The zero-order chi connectivity index (χ0) is 16.2. The van der Waals surface area contributed by atoms with Gasteiger partial charge in [-0.25, -0.2) is 4.79 Å². The van der Waals surface area contributed by atoms with Gasteiger partial charge in [-0.2, -0.15) is 0 Å². The molecule has 7 heteroatoms. The van der Waals surface area contributed by atoms with Crippen molar-refractivity contribution in [3.8, 4) is 17.2 Å². The van der Waals surface area contributed by atoms with Crippen LogP contribution in [-0.4, -0.2) is 38.0 Å². The molecule has 7 nitrogen and oxygen atoms in total. The number of hydrogen-bond acceptors (Lipinski definition) is 6. The Hall–Kier alpha value is -3.35. The van der Waals surface area contributed by atoms with Crippen LogP contribution in [0.15, 0.2) is 24.3 Å². The highest BCUT2D eigenvalue weighted by molar-refractivity contribution is 6.31. The summed E-state index contributed by atoms with van der Waals surface area (Å²) < 4.78 is 0. The lowest BCUT2D eigenvalue weighted by Crippen LogP contribution is -2.22. The smallest absolute Gasteiger partial charge is 0.343 e. The summed E-state index contributed by atoms with van der Waals surface area (Å²) in [6.45, 7) is 0. The molecule has 3 rings (SSSR count). The highest BCUT2D eigenvalue weighted by atomic mass is 16.4. The summed E-state index contributed by atoms with van der Waals surface area (Å²) in [5.74, 6) is -6.59. The van der Waals surface area contributed by atoms with Gasteiger partial charge < -0.3 is 20.4 Å². The van der Waals surface area contributed by atoms with E-state index >= 15 is 0 Å². The number of carboxylic acid groups (broad SMARTS) is 1. The average molecular weight is 300 g/mol. The molecular formula is C15H8O7.